The highest BCUT2D eigenvalue weighted by Crippen LogP contribution is 2.31. The lowest BCUT2D eigenvalue weighted by Crippen LogP contribution is -2.93. The normalized spacial score (nSPS) is 27.6. The summed E-state index contributed by atoms with van der Waals surface area (Å²) >= 11 is 0. The van der Waals surface area contributed by atoms with E-state index in [2.05, 4.69) is 12.2 Å². The van der Waals surface area contributed by atoms with Crippen LogP contribution in [0.1, 0.15) is 6.92 Å². The maximum Gasteiger partial charge on any atom is 0.184 e. The number of rotatable bonds is 4. The topological polar surface area (TPSA) is 47.6 Å². The van der Waals surface area contributed by atoms with Gasteiger partial charge in [0, 0.05) is 0 Å². The van der Waals surface area contributed by atoms with Gasteiger partial charge >= 0.3 is 0 Å². The zero-order chi connectivity index (χ0) is 11.7. The van der Waals surface area contributed by atoms with Crippen molar-refractivity contribution < 1.29 is 19.5 Å². The van der Waals surface area contributed by atoms with E-state index in [4.69, 9.17) is 14.2 Å². The van der Waals surface area contributed by atoms with Gasteiger partial charge in [-0.1, -0.05) is 12.1 Å². The minimum absolute atomic E-state index is 0.114. The van der Waals surface area contributed by atoms with E-state index in [0.717, 1.165) is 24.7 Å². The molecule has 1 aromatic rings. The van der Waals surface area contributed by atoms with Crippen molar-refractivity contribution in [2.75, 3.05) is 19.8 Å². The number of epoxide rings is 1. The van der Waals surface area contributed by atoms with Crippen LogP contribution in [0.5, 0.6) is 11.5 Å². The lowest BCUT2D eigenvalue weighted by atomic mass is 10.1. The Labute approximate surface area is 101 Å². The Kier molecular flexibility index (Phi) is 2.91. The van der Waals surface area contributed by atoms with Crippen LogP contribution < -0.4 is 14.8 Å². The minimum Gasteiger partial charge on any atom is -0.486 e. The molecule has 0 spiro atoms. The smallest absolute Gasteiger partial charge is 0.184 e. The first-order chi connectivity index (χ1) is 8.33. The number of hydrogen-bond acceptors (Lipinski definition) is 3. The number of fused-ring (bicyclic) bond motifs is 1. The van der Waals surface area contributed by atoms with Crippen LogP contribution in [0.4, 0.5) is 0 Å². The summed E-state index contributed by atoms with van der Waals surface area (Å²) in [6.07, 6.45) is 0.567. The van der Waals surface area contributed by atoms with Gasteiger partial charge in [0.2, 0.25) is 0 Å². The van der Waals surface area contributed by atoms with Crippen molar-refractivity contribution in [2.45, 2.75) is 25.2 Å². The largest absolute Gasteiger partial charge is 0.486 e. The molecule has 0 aromatic heterocycles. The summed E-state index contributed by atoms with van der Waals surface area (Å²) in [5, 5.41) is 2.28. The van der Waals surface area contributed by atoms with Crippen molar-refractivity contribution in [3.05, 3.63) is 24.3 Å². The number of para-hydroxylation sites is 2. The van der Waals surface area contributed by atoms with E-state index >= 15 is 0 Å². The molecular formula is C13H18NO3+. The molecule has 2 aliphatic rings. The maximum absolute atomic E-state index is 5.95. The third-order valence-corrected chi connectivity index (χ3v) is 3.29. The molecule has 0 aliphatic carbocycles. The van der Waals surface area contributed by atoms with Crippen LogP contribution in [0.3, 0.4) is 0 Å². The molecule has 0 bridgehead atoms. The van der Waals surface area contributed by atoms with Gasteiger partial charge in [-0.3, -0.25) is 0 Å². The zero-order valence-corrected chi connectivity index (χ0v) is 9.96. The molecule has 2 aliphatic heterocycles. The Hall–Kier alpha value is -1.26. The van der Waals surface area contributed by atoms with Gasteiger partial charge in [0.05, 0.1) is 6.61 Å². The molecule has 0 unspecified atom stereocenters. The van der Waals surface area contributed by atoms with E-state index in [1.165, 1.54) is 0 Å². The molecule has 1 fully saturated rings. The van der Waals surface area contributed by atoms with Crippen molar-refractivity contribution in [3.63, 3.8) is 0 Å². The van der Waals surface area contributed by atoms with Crippen LogP contribution in [0.25, 0.3) is 0 Å². The van der Waals surface area contributed by atoms with E-state index in [9.17, 15) is 0 Å². The molecular weight excluding hydrogens is 218 g/mol. The van der Waals surface area contributed by atoms with Gasteiger partial charge in [-0.15, -0.1) is 0 Å². The summed E-state index contributed by atoms with van der Waals surface area (Å²) in [6.45, 7) is 4.72. The quantitative estimate of drug-likeness (QED) is 0.758. The van der Waals surface area contributed by atoms with Crippen LogP contribution in [-0.4, -0.2) is 38.0 Å². The van der Waals surface area contributed by atoms with Gasteiger partial charge in [-0.2, -0.15) is 0 Å². The second kappa shape index (κ2) is 4.55. The number of benzene rings is 1. The van der Waals surface area contributed by atoms with Gasteiger partial charge in [0.1, 0.15) is 25.3 Å². The fourth-order valence-electron chi connectivity index (χ4n) is 2.02. The fourth-order valence-corrected chi connectivity index (χ4v) is 2.02. The predicted octanol–water partition coefficient (Wildman–Crippen LogP) is 0.177. The third kappa shape index (κ3) is 2.53. The third-order valence-electron chi connectivity index (χ3n) is 3.29. The Bertz CT molecular complexity index is 392. The summed E-state index contributed by atoms with van der Waals surface area (Å²) in [6, 6.07) is 8.21. The van der Waals surface area contributed by atoms with Crippen LogP contribution in [0.15, 0.2) is 24.3 Å². The first-order valence-electron chi connectivity index (χ1n) is 6.16. The molecule has 0 radical (unpaired) electrons. The van der Waals surface area contributed by atoms with Gasteiger partial charge in [0.25, 0.3) is 0 Å². The van der Waals surface area contributed by atoms with Gasteiger partial charge in [-0.25, -0.2) is 0 Å². The van der Waals surface area contributed by atoms with E-state index in [0.29, 0.717) is 18.8 Å². The van der Waals surface area contributed by atoms with Crippen molar-refractivity contribution in [2.24, 2.45) is 0 Å². The van der Waals surface area contributed by atoms with Crippen LogP contribution in [-0.2, 0) is 4.74 Å². The number of quaternary nitrogens is 1. The monoisotopic (exact) mass is 236 g/mol. The second-order valence-electron chi connectivity index (χ2n) is 4.70. The van der Waals surface area contributed by atoms with E-state index in [1.807, 2.05) is 24.3 Å². The fraction of sp³-hybridized carbons (Fsp3) is 0.538. The highest BCUT2D eigenvalue weighted by atomic mass is 16.6. The van der Waals surface area contributed by atoms with E-state index < -0.39 is 0 Å². The average molecular weight is 236 g/mol. The maximum atomic E-state index is 5.95. The molecule has 4 nitrogen and oxygen atoms in total. The summed E-state index contributed by atoms with van der Waals surface area (Å²) in [4.78, 5) is 0. The Morgan fingerprint density at radius 2 is 2.06 bits per heavy atom. The lowest BCUT2D eigenvalue weighted by molar-refractivity contribution is -0.693. The molecule has 92 valence electrons. The van der Waals surface area contributed by atoms with E-state index in [1.54, 1.807) is 0 Å². The summed E-state index contributed by atoms with van der Waals surface area (Å²) in [5.74, 6) is 1.70. The predicted molar refractivity (Wildman–Crippen MR) is 62.3 cm³/mol. The zero-order valence-electron chi connectivity index (χ0n) is 9.96. The second-order valence-corrected chi connectivity index (χ2v) is 4.70. The Morgan fingerprint density at radius 1 is 1.29 bits per heavy atom. The molecule has 2 heterocycles. The van der Waals surface area contributed by atoms with Crippen molar-refractivity contribution in [3.8, 4) is 11.5 Å². The van der Waals surface area contributed by atoms with E-state index in [-0.39, 0.29) is 6.10 Å². The SMILES string of the molecule is C[C@H]([NH2+]C[C@@H]1CO1)[C@@H]1COc2ccccc2O1. The molecule has 2 N–H and O–H groups in total. The summed E-state index contributed by atoms with van der Waals surface area (Å²) in [7, 11) is 0. The first kappa shape index (κ1) is 10.9. The number of ether oxygens (including phenoxy) is 3. The average Bonchev–Trinajstić information content (AvgIpc) is 3.19. The standard InChI is InChI=1S/C13H17NO3/c1-9(14-6-10-7-15-10)13-8-16-11-4-2-3-5-12(11)17-13/h2-5,9-10,13-14H,6-8H2,1H3/p+1/t9-,10+,13-/m0/s1. The van der Waals surface area contributed by atoms with Gasteiger partial charge in [-0.05, 0) is 19.1 Å². The molecule has 1 aromatic carbocycles. The van der Waals surface area contributed by atoms with Crippen LogP contribution in [0, 0.1) is 0 Å². The Balaban J connectivity index is 1.58. The molecule has 4 heteroatoms. The van der Waals surface area contributed by atoms with Crippen LogP contribution in [0.2, 0.25) is 0 Å². The molecule has 3 rings (SSSR count). The molecule has 1 saturated heterocycles. The molecule has 3 atom stereocenters. The number of nitrogens with two attached hydrogens (primary N) is 1. The van der Waals surface area contributed by atoms with Gasteiger partial charge in [0.15, 0.2) is 17.6 Å². The molecule has 17 heavy (non-hydrogen) atoms. The van der Waals surface area contributed by atoms with Crippen LogP contribution >= 0.6 is 0 Å². The summed E-state index contributed by atoms with van der Waals surface area (Å²) in [5.41, 5.74) is 0. The highest BCUT2D eigenvalue weighted by Gasteiger charge is 2.31. The van der Waals surface area contributed by atoms with Crippen molar-refractivity contribution >= 4 is 0 Å². The molecule has 0 amide bonds. The van der Waals surface area contributed by atoms with Crippen molar-refractivity contribution in [1.82, 2.24) is 0 Å². The lowest BCUT2D eigenvalue weighted by Gasteiger charge is -2.29. The highest BCUT2D eigenvalue weighted by molar-refractivity contribution is 5.40. The number of hydrogen-bond donors (Lipinski definition) is 1. The van der Waals surface area contributed by atoms with Crippen molar-refractivity contribution in [1.29, 1.82) is 0 Å². The van der Waals surface area contributed by atoms with Gasteiger partial charge < -0.3 is 19.5 Å². The molecule has 0 saturated carbocycles. The first-order valence-corrected chi connectivity index (χ1v) is 6.16. The Morgan fingerprint density at radius 3 is 2.82 bits per heavy atom. The minimum atomic E-state index is 0.114. The summed E-state index contributed by atoms with van der Waals surface area (Å²) < 4.78 is 16.9.